The molecule has 0 amide bonds. The van der Waals surface area contributed by atoms with Gasteiger partial charge in [0, 0.05) is 10.5 Å². The van der Waals surface area contributed by atoms with E-state index < -0.39 is 17.7 Å². The first-order valence-corrected chi connectivity index (χ1v) is 8.08. The number of hydrogen-bond acceptors (Lipinski definition) is 3. The maximum Gasteiger partial charge on any atom is 0.435 e. The van der Waals surface area contributed by atoms with Crippen molar-refractivity contribution in [2.45, 2.75) is 18.0 Å². The molecule has 0 spiro atoms. The van der Waals surface area contributed by atoms with Crippen molar-refractivity contribution < 1.29 is 17.6 Å². The Balaban J connectivity index is 2.18. The molecule has 0 saturated heterocycles. The van der Waals surface area contributed by atoms with Crippen molar-refractivity contribution in [3.8, 4) is 16.9 Å². The van der Waals surface area contributed by atoms with Crippen molar-refractivity contribution in [3.63, 3.8) is 0 Å². The second kappa shape index (κ2) is 6.53. The minimum atomic E-state index is -4.60. The highest BCUT2D eigenvalue weighted by atomic mass is 32.2. The normalized spacial score (nSPS) is 11.8. The van der Waals surface area contributed by atoms with E-state index in [4.69, 9.17) is 5.14 Å². The van der Waals surface area contributed by atoms with Crippen molar-refractivity contribution in [1.82, 2.24) is 9.78 Å². The van der Waals surface area contributed by atoms with E-state index >= 15 is 0 Å². The molecule has 1 heterocycles. The molecule has 0 aliphatic rings. The molecule has 2 aromatic carbocycles. The molecule has 3 rings (SSSR count). The van der Waals surface area contributed by atoms with Gasteiger partial charge in [0.05, 0.1) is 11.4 Å². The summed E-state index contributed by atoms with van der Waals surface area (Å²) < 4.78 is 54.3. The fourth-order valence-electron chi connectivity index (χ4n) is 2.34. The molecular formula is C17H13F4N3S. The second-order valence-corrected chi connectivity index (χ2v) is 6.11. The van der Waals surface area contributed by atoms with Crippen molar-refractivity contribution in [3.05, 3.63) is 65.6 Å². The molecule has 3 nitrogen and oxygen atoms in total. The lowest BCUT2D eigenvalue weighted by atomic mass is 10.1. The summed E-state index contributed by atoms with van der Waals surface area (Å²) in [4.78, 5) is 0.759. The molecule has 0 radical (unpaired) electrons. The van der Waals surface area contributed by atoms with Gasteiger partial charge in [-0.2, -0.15) is 18.3 Å². The van der Waals surface area contributed by atoms with Crippen LogP contribution in [0.4, 0.5) is 17.6 Å². The van der Waals surface area contributed by atoms with Gasteiger partial charge in [0.2, 0.25) is 0 Å². The Bertz CT molecular complexity index is 901. The summed E-state index contributed by atoms with van der Waals surface area (Å²) in [6.07, 6.45) is -4.60. The Morgan fingerprint density at radius 2 is 1.72 bits per heavy atom. The molecule has 8 heteroatoms. The van der Waals surface area contributed by atoms with Gasteiger partial charge in [-0.25, -0.2) is 9.07 Å². The first kappa shape index (κ1) is 17.5. The zero-order chi connectivity index (χ0) is 18.2. The zero-order valence-corrected chi connectivity index (χ0v) is 13.8. The Kier molecular flexibility index (Phi) is 4.57. The fourth-order valence-corrected chi connectivity index (χ4v) is 2.63. The molecule has 3 aromatic rings. The maximum atomic E-state index is 13.9. The van der Waals surface area contributed by atoms with Crippen LogP contribution in [-0.2, 0) is 6.18 Å². The van der Waals surface area contributed by atoms with Gasteiger partial charge in [0.15, 0.2) is 5.69 Å². The van der Waals surface area contributed by atoms with Gasteiger partial charge in [-0.3, -0.25) is 5.14 Å². The summed E-state index contributed by atoms with van der Waals surface area (Å²) in [7, 11) is 0. The van der Waals surface area contributed by atoms with Crippen molar-refractivity contribution in [1.29, 1.82) is 0 Å². The van der Waals surface area contributed by atoms with Crippen molar-refractivity contribution in [2.24, 2.45) is 5.14 Å². The monoisotopic (exact) mass is 367 g/mol. The van der Waals surface area contributed by atoms with Crippen LogP contribution < -0.4 is 5.14 Å². The average Bonchev–Trinajstić information content (AvgIpc) is 3.03. The summed E-state index contributed by atoms with van der Waals surface area (Å²) in [5.74, 6) is -0.492. The average molecular weight is 367 g/mol. The summed E-state index contributed by atoms with van der Waals surface area (Å²) in [5.41, 5.74) is 0.253. The number of halogens is 4. The summed E-state index contributed by atoms with van der Waals surface area (Å²) in [6.45, 7) is 1.58. The Morgan fingerprint density at radius 3 is 2.28 bits per heavy atom. The number of nitrogens with zero attached hydrogens (tertiary/aromatic N) is 2. The maximum absolute atomic E-state index is 13.9. The standard InChI is InChI=1S/C17H13F4N3S/c1-10-2-3-11(8-14(10)18)15-9-16(17(19,20)21)23-24(15)12-4-6-13(25-22)7-5-12/h2-9H,22H2,1H3. The molecule has 0 atom stereocenters. The number of aromatic nitrogens is 2. The second-order valence-electron chi connectivity index (χ2n) is 5.40. The van der Waals surface area contributed by atoms with E-state index in [0.29, 0.717) is 16.8 Å². The Hall–Kier alpha value is -2.32. The van der Waals surface area contributed by atoms with Crippen LogP contribution >= 0.6 is 11.9 Å². The van der Waals surface area contributed by atoms with Gasteiger partial charge in [0.25, 0.3) is 0 Å². The highest BCUT2D eigenvalue weighted by Crippen LogP contribution is 2.33. The highest BCUT2D eigenvalue weighted by molar-refractivity contribution is 7.97. The molecular weight excluding hydrogens is 354 g/mol. The lowest BCUT2D eigenvalue weighted by molar-refractivity contribution is -0.141. The fraction of sp³-hybridized carbons (Fsp3) is 0.118. The van der Waals surface area contributed by atoms with Gasteiger partial charge in [0.1, 0.15) is 5.82 Å². The van der Waals surface area contributed by atoms with Gasteiger partial charge in [-0.15, -0.1) is 0 Å². The lowest BCUT2D eigenvalue weighted by Crippen LogP contribution is -2.07. The predicted molar refractivity (Wildman–Crippen MR) is 88.7 cm³/mol. The minimum Gasteiger partial charge on any atom is -0.274 e. The van der Waals surface area contributed by atoms with E-state index in [1.54, 1.807) is 37.3 Å². The summed E-state index contributed by atoms with van der Waals surface area (Å²) in [6, 6.07) is 11.8. The quantitative estimate of drug-likeness (QED) is 0.525. The largest absolute Gasteiger partial charge is 0.435 e. The molecule has 25 heavy (non-hydrogen) atoms. The van der Waals surface area contributed by atoms with E-state index in [1.165, 1.54) is 12.1 Å². The van der Waals surface area contributed by atoms with Crippen LogP contribution in [0.5, 0.6) is 0 Å². The number of rotatable bonds is 3. The van der Waals surface area contributed by atoms with Crippen LogP contribution in [0.2, 0.25) is 0 Å². The number of nitrogens with two attached hydrogens (primary N) is 1. The van der Waals surface area contributed by atoms with Crippen molar-refractivity contribution >= 4 is 11.9 Å². The van der Waals surface area contributed by atoms with E-state index in [0.717, 1.165) is 27.6 Å². The van der Waals surface area contributed by atoms with Gasteiger partial charge >= 0.3 is 6.18 Å². The van der Waals surface area contributed by atoms with Gasteiger partial charge in [-0.1, -0.05) is 12.1 Å². The van der Waals surface area contributed by atoms with E-state index in [-0.39, 0.29) is 5.69 Å². The van der Waals surface area contributed by atoms with Crippen LogP contribution in [0.1, 0.15) is 11.3 Å². The van der Waals surface area contributed by atoms with Gasteiger partial charge in [-0.05, 0) is 60.8 Å². The SMILES string of the molecule is Cc1ccc(-c2cc(C(F)(F)F)nn2-c2ccc(SN)cc2)cc1F. The summed E-state index contributed by atoms with van der Waals surface area (Å²) in [5, 5.41) is 9.12. The van der Waals surface area contributed by atoms with E-state index in [1.807, 2.05) is 0 Å². The molecule has 2 N–H and O–H groups in total. The topological polar surface area (TPSA) is 43.8 Å². The third kappa shape index (κ3) is 3.54. The third-order valence-corrected chi connectivity index (χ3v) is 4.23. The first-order chi connectivity index (χ1) is 11.8. The van der Waals surface area contributed by atoms with Crippen molar-refractivity contribution in [2.75, 3.05) is 0 Å². The molecule has 0 bridgehead atoms. The molecule has 0 saturated carbocycles. The predicted octanol–water partition coefficient (Wildman–Crippen LogP) is 4.97. The Morgan fingerprint density at radius 1 is 1.04 bits per heavy atom. The summed E-state index contributed by atoms with van der Waals surface area (Å²) >= 11 is 1.03. The number of hydrogen-bond donors (Lipinski definition) is 1. The van der Waals surface area contributed by atoms with E-state index in [2.05, 4.69) is 5.10 Å². The smallest absolute Gasteiger partial charge is 0.274 e. The van der Waals surface area contributed by atoms with Crippen LogP contribution in [0.25, 0.3) is 16.9 Å². The minimum absolute atomic E-state index is 0.152. The molecule has 1 aromatic heterocycles. The Labute approximate surface area is 145 Å². The van der Waals surface area contributed by atoms with Crippen LogP contribution in [0.15, 0.2) is 53.4 Å². The molecule has 130 valence electrons. The molecule has 0 aliphatic carbocycles. The molecule has 0 aliphatic heterocycles. The van der Waals surface area contributed by atoms with Gasteiger partial charge < -0.3 is 0 Å². The molecule has 0 unspecified atom stereocenters. The highest BCUT2D eigenvalue weighted by Gasteiger charge is 2.35. The van der Waals surface area contributed by atoms with Crippen LogP contribution in [0.3, 0.4) is 0 Å². The van der Waals surface area contributed by atoms with Crippen LogP contribution in [0, 0.1) is 12.7 Å². The number of aryl methyl sites for hydroxylation is 1. The lowest BCUT2D eigenvalue weighted by Gasteiger charge is -2.09. The third-order valence-electron chi connectivity index (χ3n) is 3.68. The number of benzene rings is 2. The zero-order valence-electron chi connectivity index (χ0n) is 13.0. The van der Waals surface area contributed by atoms with E-state index in [9.17, 15) is 17.6 Å². The van der Waals surface area contributed by atoms with Crippen LogP contribution in [-0.4, -0.2) is 9.78 Å². The first-order valence-electron chi connectivity index (χ1n) is 7.20. The molecule has 0 fully saturated rings. The number of alkyl halides is 3.